The molecule has 0 atom stereocenters. The molecule has 0 fully saturated rings. The molecular formula is C12H10ClF2N5O5S. The van der Waals surface area contributed by atoms with Gasteiger partial charge in [-0.25, -0.2) is 4.79 Å². The average molecular weight is 410 g/mol. The summed E-state index contributed by atoms with van der Waals surface area (Å²) < 4.78 is 54.5. The van der Waals surface area contributed by atoms with Crippen molar-refractivity contribution in [1.29, 1.82) is 0 Å². The van der Waals surface area contributed by atoms with Crippen LogP contribution in [0.5, 0.6) is 11.8 Å². The predicted molar refractivity (Wildman–Crippen MR) is 84.8 cm³/mol. The average Bonchev–Trinajstić information content (AvgIpc) is 2.54. The fraction of sp³-hybridized carbons (Fsp3) is 0.167. The van der Waals surface area contributed by atoms with E-state index >= 15 is 0 Å². The molecule has 1 aromatic carbocycles. The third kappa shape index (κ3) is 8.79. The molecule has 1 heterocycles. The molecule has 2 amide bonds. The van der Waals surface area contributed by atoms with Gasteiger partial charge in [-0.05, 0) is 23.7 Å². The van der Waals surface area contributed by atoms with Crippen LogP contribution in [0.3, 0.4) is 0 Å². The van der Waals surface area contributed by atoms with Gasteiger partial charge in [0.15, 0.2) is 0 Å². The van der Waals surface area contributed by atoms with Gasteiger partial charge in [0.25, 0.3) is 0 Å². The summed E-state index contributed by atoms with van der Waals surface area (Å²) in [6.07, 6.45) is 0. The van der Waals surface area contributed by atoms with Crippen LogP contribution in [0.25, 0.3) is 0 Å². The van der Waals surface area contributed by atoms with E-state index in [4.69, 9.17) is 11.6 Å². The van der Waals surface area contributed by atoms with Crippen LogP contribution >= 0.6 is 11.6 Å². The van der Waals surface area contributed by atoms with E-state index < -0.39 is 23.1 Å². The van der Waals surface area contributed by atoms with Crippen LogP contribution in [-0.2, 0) is 10.5 Å². The van der Waals surface area contributed by atoms with Gasteiger partial charge in [-0.3, -0.25) is 5.32 Å². The van der Waals surface area contributed by atoms with Crippen molar-refractivity contribution in [2.45, 2.75) is 6.61 Å². The lowest BCUT2D eigenvalue weighted by Crippen LogP contribution is -2.10. The smallest absolute Gasteiger partial charge is 0.387 e. The zero-order chi connectivity index (χ0) is 19.5. The number of rotatable bonds is 4. The van der Waals surface area contributed by atoms with Crippen molar-refractivity contribution in [3.63, 3.8) is 0 Å². The van der Waals surface area contributed by atoms with Crippen LogP contribution in [0.4, 0.5) is 19.5 Å². The third-order valence-electron chi connectivity index (χ3n) is 2.11. The van der Waals surface area contributed by atoms with Gasteiger partial charge in [-0.1, -0.05) is 22.6 Å². The molecule has 26 heavy (non-hydrogen) atoms. The molecule has 0 saturated carbocycles. The summed E-state index contributed by atoms with van der Waals surface area (Å²) in [6, 6.07) is 6.68. The standard InChI is InChI=1S/C7H6F2O.C5H4ClN5O4S/c8-7(9)10-6-4-2-1-3-5-6;1-15-5-8-2(6)7-3(10-5)9-4(12)11-16(13)14/h1-5,7H;1H3,(H,7,8,9,10,12). The second-order valence-corrected chi connectivity index (χ2v) is 4.80. The van der Waals surface area contributed by atoms with Gasteiger partial charge in [0.05, 0.1) is 7.11 Å². The Labute approximate surface area is 151 Å². The minimum Gasteiger partial charge on any atom is -0.467 e. The van der Waals surface area contributed by atoms with E-state index in [0.29, 0.717) is 0 Å². The number of urea groups is 1. The molecule has 0 aliphatic carbocycles. The number of benzene rings is 1. The van der Waals surface area contributed by atoms with Crippen LogP contribution < -0.4 is 14.8 Å². The molecule has 0 unspecified atom stereocenters. The Morgan fingerprint density at radius 1 is 1.23 bits per heavy atom. The van der Waals surface area contributed by atoms with Crippen molar-refractivity contribution in [1.82, 2.24) is 15.0 Å². The van der Waals surface area contributed by atoms with Crippen LogP contribution in [0.15, 0.2) is 34.7 Å². The van der Waals surface area contributed by atoms with E-state index in [1.165, 1.54) is 19.2 Å². The Morgan fingerprint density at radius 2 is 1.88 bits per heavy atom. The number of nitrogens with zero attached hydrogens (tertiary/aromatic N) is 4. The predicted octanol–water partition coefficient (Wildman–Crippen LogP) is 2.42. The van der Waals surface area contributed by atoms with Crippen LogP contribution in [0.2, 0.25) is 5.28 Å². The fourth-order valence-electron chi connectivity index (χ4n) is 1.27. The highest BCUT2D eigenvalue weighted by Crippen LogP contribution is 2.11. The Hall–Kier alpha value is -2.93. The second-order valence-electron chi connectivity index (χ2n) is 3.84. The van der Waals surface area contributed by atoms with Gasteiger partial charge >= 0.3 is 29.2 Å². The molecule has 2 rings (SSSR count). The molecule has 0 bridgehead atoms. The number of amides is 2. The Balaban J connectivity index is 0.000000289. The number of aromatic nitrogens is 3. The maximum Gasteiger partial charge on any atom is 0.387 e. The minimum absolute atomic E-state index is 0.126. The van der Waals surface area contributed by atoms with Gasteiger partial charge in [-0.2, -0.15) is 32.2 Å². The number of methoxy groups -OCH3 is 1. The molecule has 0 aliphatic rings. The number of alkyl halides is 2. The van der Waals surface area contributed by atoms with Gasteiger partial charge in [0.1, 0.15) is 5.75 Å². The quantitative estimate of drug-likeness (QED) is 0.813. The summed E-state index contributed by atoms with van der Waals surface area (Å²) in [5, 5.41) is 1.75. The molecule has 2 aromatic rings. The SMILES string of the molecule is COc1nc(Cl)nc(NC(=O)N=S(=O)=O)n1.FC(F)Oc1ccccc1. The molecule has 14 heteroatoms. The van der Waals surface area contributed by atoms with E-state index in [-0.39, 0.29) is 23.0 Å². The summed E-state index contributed by atoms with van der Waals surface area (Å²) in [5.74, 6) is -0.0754. The van der Waals surface area contributed by atoms with E-state index in [1.807, 2.05) is 5.32 Å². The summed E-state index contributed by atoms with van der Waals surface area (Å²) in [4.78, 5) is 21.5. The van der Waals surface area contributed by atoms with Crippen molar-refractivity contribution in [2.75, 3.05) is 12.4 Å². The molecule has 1 N–H and O–H groups in total. The molecule has 0 spiro atoms. The van der Waals surface area contributed by atoms with Crippen molar-refractivity contribution >= 4 is 34.1 Å². The van der Waals surface area contributed by atoms with Gasteiger partial charge in [-0.15, -0.1) is 0 Å². The first-order valence-corrected chi connectivity index (χ1v) is 7.78. The number of halogens is 3. The fourth-order valence-corrected chi connectivity index (χ4v) is 1.60. The number of para-hydroxylation sites is 1. The van der Waals surface area contributed by atoms with Gasteiger partial charge in [0.2, 0.25) is 11.2 Å². The Morgan fingerprint density at radius 3 is 2.42 bits per heavy atom. The number of nitrogens with one attached hydrogen (secondary N) is 1. The number of carbonyl (C=O) groups is 1. The van der Waals surface area contributed by atoms with E-state index in [9.17, 15) is 22.0 Å². The highest BCUT2D eigenvalue weighted by Gasteiger charge is 2.08. The number of hydrogen-bond acceptors (Lipinski definition) is 8. The Bertz CT molecular complexity index is 862. The van der Waals surface area contributed by atoms with Crippen LogP contribution in [-0.4, -0.2) is 43.1 Å². The topological polar surface area (TPSA) is 133 Å². The maximum atomic E-state index is 11.5. The third-order valence-corrected chi connectivity index (χ3v) is 2.60. The van der Waals surface area contributed by atoms with Crippen molar-refractivity contribution in [3.8, 4) is 11.8 Å². The lowest BCUT2D eigenvalue weighted by atomic mass is 10.3. The highest BCUT2D eigenvalue weighted by atomic mass is 35.5. The maximum absolute atomic E-state index is 11.5. The first kappa shape index (κ1) is 21.1. The summed E-state index contributed by atoms with van der Waals surface area (Å²) >= 11 is 5.47. The monoisotopic (exact) mass is 409 g/mol. The Kier molecular flexibility index (Phi) is 8.80. The van der Waals surface area contributed by atoms with E-state index in [1.54, 1.807) is 18.2 Å². The van der Waals surface area contributed by atoms with Crippen molar-refractivity contribution in [2.24, 2.45) is 4.36 Å². The molecule has 10 nitrogen and oxygen atoms in total. The normalized spacial score (nSPS) is 9.58. The first-order valence-electron chi connectivity index (χ1n) is 6.37. The minimum atomic E-state index is -2.85. The van der Waals surface area contributed by atoms with E-state index in [0.717, 1.165) is 0 Å². The lowest BCUT2D eigenvalue weighted by molar-refractivity contribution is -0.0498. The first-order chi connectivity index (χ1) is 12.3. The summed E-state index contributed by atoms with van der Waals surface area (Å²) in [7, 11) is -1.57. The molecule has 0 saturated heterocycles. The highest BCUT2D eigenvalue weighted by molar-refractivity contribution is 7.62. The van der Waals surface area contributed by atoms with E-state index in [2.05, 4.69) is 28.8 Å². The number of anilines is 1. The molecule has 0 aliphatic heterocycles. The van der Waals surface area contributed by atoms with Crippen molar-refractivity contribution in [3.05, 3.63) is 35.6 Å². The number of hydrogen-bond donors (Lipinski definition) is 1. The summed E-state index contributed by atoms with van der Waals surface area (Å²) in [5.41, 5.74) is 0. The van der Waals surface area contributed by atoms with Crippen LogP contribution in [0, 0.1) is 0 Å². The number of ether oxygens (including phenoxy) is 2. The molecule has 1 aromatic heterocycles. The van der Waals surface area contributed by atoms with Gasteiger partial charge < -0.3 is 9.47 Å². The zero-order valence-corrected chi connectivity index (χ0v) is 14.4. The van der Waals surface area contributed by atoms with Crippen LogP contribution in [0.1, 0.15) is 0 Å². The molecule has 140 valence electrons. The second kappa shape index (κ2) is 10.8. The number of carbonyl (C=O) groups excluding carboxylic acids is 1. The zero-order valence-electron chi connectivity index (χ0n) is 12.8. The molecule has 0 radical (unpaired) electrons. The largest absolute Gasteiger partial charge is 0.467 e. The molecular weight excluding hydrogens is 400 g/mol. The van der Waals surface area contributed by atoms with Gasteiger partial charge in [0, 0.05) is 0 Å². The lowest BCUT2D eigenvalue weighted by Gasteiger charge is -2.01. The van der Waals surface area contributed by atoms with Crippen molar-refractivity contribution < 1.29 is 31.5 Å². The summed E-state index contributed by atoms with van der Waals surface area (Å²) in [6.45, 7) is -2.73.